The highest BCUT2D eigenvalue weighted by molar-refractivity contribution is 7.16. The van der Waals surface area contributed by atoms with Crippen LogP contribution in [0.2, 0.25) is 0 Å². The normalized spacial score (nSPS) is 18.9. The molecular formula is C18H20N4O4S. The lowest BCUT2D eigenvalue weighted by Gasteiger charge is -2.28. The number of anilines is 1. The van der Waals surface area contributed by atoms with Gasteiger partial charge < -0.3 is 15.4 Å². The summed E-state index contributed by atoms with van der Waals surface area (Å²) in [6.07, 6.45) is 0.347. The van der Waals surface area contributed by atoms with Gasteiger partial charge in [-0.2, -0.15) is 0 Å². The number of amides is 1. The molecule has 0 bridgehead atoms. The molecule has 142 valence electrons. The maximum atomic E-state index is 12.8. The highest BCUT2D eigenvalue weighted by Gasteiger charge is 2.33. The number of benzene rings is 1. The van der Waals surface area contributed by atoms with Crippen molar-refractivity contribution >= 4 is 27.9 Å². The van der Waals surface area contributed by atoms with Gasteiger partial charge in [0.1, 0.15) is 11.2 Å². The topological polar surface area (TPSA) is 96.7 Å². The van der Waals surface area contributed by atoms with Crippen molar-refractivity contribution in [1.29, 1.82) is 0 Å². The van der Waals surface area contributed by atoms with Crippen LogP contribution in [-0.2, 0) is 13.0 Å². The lowest BCUT2D eigenvalue weighted by molar-refractivity contribution is -0.385. The Hall–Kier alpha value is -2.65. The molecule has 0 saturated carbocycles. The minimum absolute atomic E-state index is 0.124. The van der Waals surface area contributed by atoms with E-state index in [0.29, 0.717) is 5.56 Å². The van der Waals surface area contributed by atoms with E-state index in [-0.39, 0.29) is 17.3 Å². The van der Waals surface area contributed by atoms with Gasteiger partial charge in [-0.25, -0.2) is 0 Å². The molecule has 1 aromatic heterocycles. The third-order valence-electron chi connectivity index (χ3n) is 5.09. The van der Waals surface area contributed by atoms with Crippen molar-refractivity contribution in [2.24, 2.45) is 0 Å². The van der Waals surface area contributed by atoms with Crippen LogP contribution >= 0.6 is 11.3 Å². The molecule has 0 unspecified atom stereocenters. The monoisotopic (exact) mass is 388 g/mol. The van der Waals surface area contributed by atoms with Crippen LogP contribution in [0.1, 0.15) is 39.5 Å². The van der Waals surface area contributed by atoms with Crippen molar-refractivity contribution in [2.45, 2.75) is 26.1 Å². The van der Waals surface area contributed by atoms with E-state index in [1.807, 2.05) is 0 Å². The van der Waals surface area contributed by atoms with E-state index in [4.69, 9.17) is 4.74 Å². The van der Waals surface area contributed by atoms with E-state index in [9.17, 15) is 14.9 Å². The van der Waals surface area contributed by atoms with E-state index in [1.54, 1.807) is 23.5 Å². The second-order valence-corrected chi connectivity index (χ2v) is 7.67. The Morgan fingerprint density at radius 1 is 1.41 bits per heavy atom. The van der Waals surface area contributed by atoms with E-state index < -0.39 is 11.1 Å². The molecule has 0 aliphatic carbocycles. The average Bonchev–Trinajstić information content (AvgIpc) is 3.05. The number of ether oxygens (including phenoxy) is 1. The molecule has 0 saturated heterocycles. The summed E-state index contributed by atoms with van der Waals surface area (Å²) < 4.78 is 5.05. The predicted octanol–water partition coefficient (Wildman–Crippen LogP) is 2.90. The second kappa shape index (κ2) is 6.82. The molecule has 9 heteroatoms. The molecular weight excluding hydrogens is 368 g/mol. The van der Waals surface area contributed by atoms with Crippen molar-refractivity contribution in [3.8, 4) is 5.75 Å². The van der Waals surface area contributed by atoms with Gasteiger partial charge in [0.05, 0.1) is 17.6 Å². The zero-order chi connectivity index (χ0) is 19.1. The van der Waals surface area contributed by atoms with E-state index in [0.717, 1.165) is 42.2 Å². The van der Waals surface area contributed by atoms with Crippen LogP contribution in [-0.4, -0.2) is 35.9 Å². The number of nitrogens with zero attached hydrogens (tertiary/aromatic N) is 2. The lowest BCUT2D eigenvalue weighted by Crippen LogP contribution is -2.38. The molecule has 1 aromatic carbocycles. The zero-order valence-electron chi connectivity index (χ0n) is 15.1. The fourth-order valence-electron chi connectivity index (χ4n) is 3.63. The van der Waals surface area contributed by atoms with Crippen molar-refractivity contribution in [3.63, 3.8) is 0 Å². The van der Waals surface area contributed by atoms with Gasteiger partial charge in [0, 0.05) is 29.6 Å². The fourth-order valence-corrected chi connectivity index (χ4v) is 4.95. The van der Waals surface area contributed by atoms with Gasteiger partial charge in [0.15, 0.2) is 5.75 Å². The Kier molecular flexibility index (Phi) is 4.48. The Balaban J connectivity index is 1.67. The number of nitro groups is 1. The summed E-state index contributed by atoms with van der Waals surface area (Å²) in [5.41, 5.74) is 2.35. The Morgan fingerprint density at radius 2 is 2.22 bits per heavy atom. The highest BCUT2D eigenvalue weighted by atomic mass is 32.1. The van der Waals surface area contributed by atoms with Gasteiger partial charge in [-0.15, -0.1) is 11.3 Å². The third-order valence-corrected chi connectivity index (χ3v) is 6.24. The number of fused-ring (bicyclic) bond motifs is 3. The molecule has 1 atom stereocenters. The van der Waals surface area contributed by atoms with Crippen LogP contribution in [0.15, 0.2) is 18.2 Å². The van der Waals surface area contributed by atoms with Crippen molar-refractivity contribution < 1.29 is 14.5 Å². The van der Waals surface area contributed by atoms with Crippen molar-refractivity contribution in [1.82, 2.24) is 10.2 Å². The first-order valence-electron chi connectivity index (χ1n) is 8.78. The molecule has 4 rings (SSSR count). The molecule has 2 aromatic rings. The Labute approximate surface area is 160 Å². The SMILES string of the molecule is CCN1CCc2c(sc3c2C(=O)N[C@@H](c2ccc(OC)c([N+](=O)[O-])c2)N3)C1. The number of nitrogens with one attached hydrogen (secondary N) is 2. The largest absolute Gasteiger partial charge is 0.490 e. The molecule has 0 fully saturated rings. The molecule has 0 radical (unpaired) electrons. The van der Waals surface area contributed by atoms with Gasteiger partial charge in [-0.3, -0.25) is 19.8 Å². The fraction of sp³-hybridized carbons (Fsp3) is 0.389. The van der Waals surface area contributed by atoms with Crippen LogP contribution in [0.3, 0.4) is 0 Å². The minimum atomic E-state index is -0.517. The quantitative estimate of drug-likeness (QED) is 0.618. The van der Waals surface area contributed by atoms with Crippen molar-refractivity contribution in [2.75, 3.05) is 25.5 Å². The number of hydrogen-bond donors (Lipinski definition) is 2. The van der Waals surface area contributed by atoms with Crippen LogP contribution in [0.5, 0.6) is 5.75 Å². The van der Waals surface area contributed by atoms with Crippen LogP contribution < -0.4 is 15.4 Å². The van der Waals surface area contributed by atoms with Crippen LogP contribution in [0.25, 0.3) is 0 Å². The molecule has 2 aliphatic rings. The molecule has 1 amide bonds. The maximum absolute atomic E-state index is 12.8. The summed E-state index contributed by atoms with van der Waals surface area (Å²) >= 11 is 1.61. The van der Waals surface area contributed by atoms with Gasteiger partial charge in [0.2, 0.25) is 0 Å². The van der Waals surface area contributed by atoms with Crippen LogP contribution in [0, 0.1) is 10.1 Å². The molecule has 8 nitrogen and oxygen atoms in total. The summed E-state index contributed by atoms with van der Waals surface area (Å²) in [4.78, 5) is 27.2. The minimum Gasteiger partial charge on any atom is -0.490 e. The smallest absolute Gasteiger partial charge is 0.311 e. The van der Waals surface area contributed by atoms with E-state index in [1.165, 1.54) is 18.1 Å². The highest BCUT2D eigenvalue weighted by Crippen LogP contribution is 2.41. The Morgan fingerprint density at radius 3 is 2.93 bits per heavy atom. The number of methoxy groups -OCH3 is 1. The lowest BCUT2D eigenvalue weighted by atomic mass is 10.00. The number of carbonyl (C=O) groups excluding carboxylic acids is 1. The average molecular weight is 388 g/mol. The summed E-state index contributed by atoms with van der Waals surface area (Å²) in [5.74, 6) is 0.0625. The molecule has 3 heterocycles. The van der Waals surface area contributed by atoms with Gasteiger partial charge in [0.25, 0.3) is 5.91 Å². The number of rotatable bonds is 4. The number of carbonyl (C=O) groups is 1. The molecule has 2 N–H and O–H groups in total. The van der Waals surface area contributed by atoms with Gasteiger partial charge >= 0.3 is 5.69 Å². The van der Waals surface area contributed by atoms with E-state index in [2.05, 4.69) is 22.5 Å². The number of likely N-dealkylation sites (N-methyl/N-ethyl adjacent to an activating group) is 1. The first-order valence-corrected chi connectivity index (χ1v) is 9.60. The number of thiophene rings is 1. The standard InChI is InChI=1S/C18H20N4O4S/c1-3-21-7-6-11-14(9-21)27-18-15(11)17(23)19-16(20-18)10-4-5-13(26-2)12(8-10)22(24)25/h4-5,8,16,20H,3,6-7,9H2,1-2H3,(H,19,23)/t16-/m1/s1. The first-order chi connectivity index (χ1) is 13.0. The summed E-state index contributed by atoms with van der Waals surface area (Å²) in [6.45, 7) is 4.93. The Bertz CT molecular complexity index is 926. The second-order valence-electron chi connectivity index (χ2n) is 6.57. The summed E-state index contributed by atoms with van der Waals surface area (Å²) in [6, 6.07) is 4.71. The number of nitro benzene ring substituents is 1. The molecule has 2 aliphatic heterocycles. The summed E-state index contributed by atoms with van der Waals surface area (Å²) in [5, 5.41) is 18.4. The van der Waals surface area contributed by atoms with E-state index >= 15 is 0 Å². The number of hydrogen-bond acceptors (Lipinski definition) is 7. The van der Waals surface area contributed by atoms with Crippen molar-refractivity contribution in [3.05, 3.63) is 49.9 Å². The van der Waals surface area contributed by atoms with Crippen LogP contribution in [0.4, 0.5) is 10.7 Å². The first kappa shape index (κ1) is 17.7. The third kappa shape index (κ3) is 3.02. The molecule has 27 heavy (non-hydrogen) atoms. The zero-order valence-corrected chi connectivity index (χ0v) is 15.9. The summed E-state index contributed by atoms with van der Waals surface area (Å²) in [7, 11) is 1.39. The molecule has 0 spiro atoms. The predicted molar refractivity (Wildman–Crippen MR) is 102 cm³/mol. The van der Waals surface area contributed by atoms with Gasteiger partial charge in [-0.1, -0.05) is 13.0 Å². The maximum Gasteiger partial charge on any atom is 0.311 e. The van der Waals surface area contributed by atoms with Gasteiger partial charge in [-0.05, 0) is 24.6 Å².